The van der Waals surface area contributed by atoms with E-state index in [0.717, 1.165) is 18.9 Å². The largest absolute Gasteiger partial charge is 0.373 e. The number of aliphatic imine (C=N–C) groups is 1. The van der Waals surface area contributed by atoms with Gasteiger partial charge in [0.2, 0.25) is 0 Å². The highest BCUT2D eigenvalue weighted by atomic mass is 16.5. The van der Waals surface area contributed by atoms with Crippen molar-refractivity contribution < 1.29 is 4.74 Å². The topological polar surface area (TPSA) is 45.7 Å². The Balaban J connectivity index is 1.54. The standard InChI is InChI=1S/C16H23N3O/c1-11-5-3-4-6-12(11)10-18-16(17-2)19-14-9-13-7-8-15(14)20-13/h3-6,13-15H,7-10H2,1-2H3,(H2,17,18,19). The number of ether oxygens (including phenoxy) is 1. The molecule has 1 aromatic rings. The van der Waals surface area contributed by atoms with Crippen molar-refractivity contribution in [2.45, 2.75) is 51.0 Å². The highest BCUT2D eigenvalue weighted by Gasteiger charge is 2.41. The molecule has 2 fully saturated rings. The van der Waals surface area contributed by atoms with Gasteiger partial charge >= 0.3 is 0 Å². The zero-order chi connectivity index (χ0) is 13.9. The number of aryl methyl sites for hydroxylation is 1. The molecule has 1 aromatic carbocycles. The molecular weight excluding hydrogens is 250 g/mol. The zero-order valence-corrected chi connectivity index (χ0v) is 12.2. The van der Waals surface area contributed by atoms with E-state index >= 15 is 0 Å². The van der Waals surface area contributed by atoms with E-state index in [0.29, 0.717) is 18.2 Å². The lowest BCUT2D eigenvalue weighted by atomic mass is 9.96. The number of hydrogen-bond donors (Lipinski definition) is 2. The van der Waals surface area contributed by atoms with E-state index < -0.39 is 0 Å². The Labute approximate surface area is 120 Å². The molecule has 0 saturated carbocycles. The predicted octanol–water partition coefficient (Wildman–Crippen LogP) is 1.98. The summed E-state index contributed by atoms with van der Waals surface area (Å²) >= 11 is 0. The first kappa shape index (κ1) is 13.4. The highest BCUT2D eigenvalue weighted by molar-refractivity contribution is 5.80. The number of rotatable bonds is 3. The van der Waals surface area contributed by atoms with E-state index in [4.69, 9.17) is 4.74 Å². The molecule has 2 aliphatic rings. The van der Waals surface area contributed by atoms with E-state index in [2.05, 4.69) is 46.8 Å². The third-order valence-electron chi connectivity index (χ3n) is 4.36. The first-order valence-corrected chi connectivity index (χ1v) is 7.43. The maximum absolute atomic E-state index is 5.87. The number of fused-ring (bicyclic) bond motifs is 2. The Kier molecular flexibility index (Phi) is 3.92. The molecule has 2 N–H and O–H groups in total. The molecule has 0 spiro atoms. The van der Waals surface area contributed by atoms with Crippen LogP contribution in [0.2, 0.25) is 0 Å². The van der Waals surface area contributed by atoms with Crippen molar-refractivity contribution in [3.05, 3.63) is 35.4 Å². The maximum Gasteiger partial charge on any atom is 0.191 e. The van der Waals surface area contributed by atoms with Crippen LogP contribution in [0.25, 0.3) is 0 Å². The number of hydrogen-bond acceptors (Lipinski definition) is 2. The summed E-state index contributed by atoms with van der Waals surface area (Å²) in [7, 11) is 1.82. The first-order valence-electron chi connectivity index (χ1n) is 7.43. The summed E-state index contributed by atoms with van der Waals surface area (Å²) in [5.74, 6) is 0.870. The fourth-order valence-electron chi connectivity index (χ4n) is 3.15. The molecule has 108 valence electrons. The summed E-state index contributed by atoms with van der Waals surface area (Å²) in [6, 6.07) is 8.84. The van der Waals surface area contributed by atoms with Crippen LogP contribution in [0.15, 0.2) is 29.3 Å². The normalized spacial score (nSPS) is 28.7. The molecule has 0 aliphatic carbocycles. The molecule has 20 heavy (non-hydrogen) atoms. The molecule has 2 saturated heterocycles. The minimum Gasteiger partial charge on any atom is -0.373 e. The molecular formula is C16H23N3O. The number of nitrogens with one attached hydrogen (secondary N) is 2. The second kappa shape index (κ2) is 5.83. The molecule has 4 heteroatoms. The number of nitrogens with zero attached hydrogens (tertiary/aromatic N) is 1. The van der Waals surface area contributed by atoms with Crippen LogP contribution in [0.4, 0.5) is 0 Å². The Morgan fingerprint density at radius 2 is 2.20 bits per heavy atom. The Morgan fingerprint density at radius 1 is 1.35 bits per heavy atom. The zero-order valence-electron chi connectivity index (χ0n) is 12.2. The van der Waals surface area contributed by atoms with Gasteiger partial charge in [0.15, 0.2) is 5.96 Å². The lowest BCUT2D eigenvalue weighted by molar-refractivity contribution is 0.0992. The lowest BCUT2D eigenvalue weighted by Gasteiger charge is -2.22. The molecule has 2 heterocycles. The van der Waals surface area contributed by atoms with E-state index in [-0.39, 0.29) is 0 Å². The average Bonchev–Trinajstić information content (AvgIpc) is 3.07. The van der Waals surface area contributed by atoms with Crippen LogP contribution < -0.4 is 10.6 Å². The summed E-state index contributed by atoms with van der Waals surface area (Å²) < 4.78 is 5.87. The molecule has 3 unspecified atom stereocenters. The van der Waals surface area contributed by atoms with Crippen molar-refractivity contribution in [2.24, 2.45) is 4.99 Å². The van der Waals surface area contributed by atoms with Crippen LogP contribution in [-0.2, 0) is 11.3 Å². The highest BCUT2D eigenvalue weighted by Crippen LogP contribution is 2.34. The lowest BCUT2D eigenvalue weighted by Crippen LogP contribution is -2.47. The molecule has 0 radical (unpaired) electrons. The smallest absolute Gasteiger partial charge is 0.191 e. The average molecular weight is 273 g/mol. The van der Waals surface area contributed by atoms with Crippen LogP contribution in [0, 0.1) is 6.92 Å². The van der Waals surface area contributed by atoms with E-state index in [9.17, 15) is 0 Å². The number of benzene rings is 1. The Hall–Kier alpha value is -1.55. The van der Waals surface area contributed by atoms with Crippen molar-refractivity contribution in [2.75, 3.05) is 7.05 Å². The van der Waals surface area contributed by atoms with Crippen LogP contribution in [0.5, 0.6) is 0 Å². The van der Waals surface area contributed by atoms with Gasteiger partial charge in [0.05, 0.1) is 18.2 Å². The van der Waals surface area contributed by atoms with Crippen molar-refractivity contribution in [3.63, 3.8) is 0 Å². The van der Waals surface area contributed by atoms with E-state index in [1.807, 2.05) is 7.05 Å². The molecule has 0 aromatic heterocycles. The van der Waals surface area contributed by atoms with Gasteiger partial charge in [0.25, 0.3) is 0 Å². The third-order valence-corrected chi connectivity index (χ3v) is 4.36. The van der Waals surface area contributed by atoms with Crippen molar-refractivity contribution in [1.82, 2.24) is 10.6 Å². The van der Waals surface area contributed by atoms with Crippen LogP contribution >= 0.6 is 0 Å². The van der Waals surface area contributed by atoms with Gasteiger partial charge in [-0.25, -0.2) is 0 Å². The second-order valence-electron chi connectivity index (χ2n) is 5.71. The molecule has 0 amide bonds. The van der Waals surface area contributed by atoms with Crippen molar-refractivity contribution in [1.29, 1.82) is 0 Å². The summed E-state index contributed by atoms with van der Waals surface area (Å²) in [5.41, 5.74) is 2.61. The van der Waals surface area contributed by atoms with Crippen LogP contribution in [0.1, 0.15) is 30.4 Å². The monoisotopic (exact) mass is 273 g/mol. The molecule has 2 aliphatic heterocycles. The number of guanidine groups is 1. The minimum atomic E-state index is 0.372. The second-order valence-corrected chi connectivity index (χ2v) is 5.71. The van der Waals surface area contributed by atoms with Gasteiger partial charge in [-0.05, 0) is 37.3 Å². The van der Waals surface area contributed by atoms with Gasteiger partial charge in [-0.15, -0.1) is 0 Å². The Bertz CT molecular complexity index is 500. The summed E-state index contributed by atoms with van der Waals surface area (Å²) in [5, 5.41) is 6.90. The Morgan fingerprint density at radius 3 is 2.85 bits per heavy atom. The molecule has 4 nitrogen and oxygen atoms in total. The molecule has 3 rings (SSSR count). The van der Waals surface area contributed by atoms with Gasteiger partial charge in [-0.1, -0.05) is 24.3 Å². The maximum atomic E-state index is 5.87. The fourth-order valence-corrected chi connectivity index (χ4v) is 3.15. The fraction of sp³-hybridized carbons (Fsp3) is 0.562. The van der Waals surface area contributed by atoms with E-state index in [1.54, 1.807) is 0 Å². The van der Waals surface area contributed by atoms with Gasteiger partial charge in [-0.3, -0.25) is 4.99 Å². The summed E-state index contributed by atoms with van der Waals surface area (Å²) in [6.07, 6.45) is 4.34. The minimum absolute atomic E-state index is 0.372. The quantitative estimate of drug-likeness (QED) is 0.654. The van der Waals surface area contributed by atoms with Gasteiger partial charge in [0.1, 0.15) is 0 Å². The van der Waals surface area contributed by atoms with Gasteiger partial charge in [0, 0.05) is 13.6 Å². The van der Waals surface area contributed by atoms with Crippen molar-refractivity contribution >= 4 is 5.96 Å². The third kappa shape index (κ3) is 2.80. The molecule has 2 bridgehead atoms. The summed E-state index contributed by atoms with van der Waals surface area (Å²) in [4.78, 5) is 4.32. The van der Waals surface area contributed by atoms with Crippen LogP contribution in [0.3, 0.4) is 0 Å². The predicted molar refractivity (Wildman–Crippen MR) is 80.8 cm³/mol. The first-order chi connectivity index (χ1) is 9.76. The van der Waals surface area contributed by atoms with E-state index in [1.165, 1.54) is 24.0 Å². The van der Waals surface area contributed by atoms with Crippen molar-refractivity contribution in [3.8, 4) is 0 Å². The SMILES string of the molecule is CN=C(NCc1ccccc1C)NC1CC2CCC1O2. The van der Waals surface area contributed by atoms with Gasteiger partial charge in [-0.2, -0.15) is 0 Å². The van der Waals surface area contributed by atoms with Crippen LogP contribution in [-0.4, -0.2) is 31.3 Å². The molecule has 3 atom stereocenters. The van der Waals surface area contributed by atoms with Gasteiger partial charge < -0.3 is 15.4 Å². The summed E-state index contributed by atoms with van der Waals surface area (Å²) in [6.45, 7) is 2.94.